The van der Waals surface area contributed by atoms with Crippen LogP contribution in [0.1, 0.15) is 57.3 Å². The van der Waals surface area contributed by atoms with Crippen molar-refractivity contribution in [1.82, 2.24) is 0 Å². The van der Waals surface area contributed by atoms with E-state index in [0.717, 1.165) is 24.8 Å². The minimum absolute atomic E-state index is 0.0987. The summed E-state index contributed by atoms with van der Waals surface area (Å²) < 4.78 is 11.2. The van der Waals surface area contributed by atoms with Crippen molar-refractivity contribution < 1.29 is 14.3 Å². The molecular formula is C18H26O3. The van der Waals surface area contributed by atoms with Gasteiger partial charge in [-0.25, -0.2) is 0 Å². The fourth-order valence-electron chi connectivity index (χ4n) is 3.22. The van der Waals surface area contributed by atoms with Gasteiger partial charge in [-0.1, -0.05) is 20.3 Å². The summed E-state index contributed by atoms with van der Waals surface area (Å²) in [5.41, 5.74) is 0.837. The largest absolute Gasteiger partial charge is 0.490 e. The van der Waals surface area contributed by atoms with E-state index >= 15 is 0 Å². The highest BCUT2D eigenvalue weighted by atomic mass is 16.5. The fourth-order valence-corrected chi connectivity index (χ4v) is 3.22. The molecule has 1 aromatic rings. The van der Waals surface area contributed by atoms with E-state index in [9.17, 15) is 4.79 Å². The predicted octanol–water partition coefficient (Wildman–Crippen LogP) is 4.49. The standard InChI is InChI=1S/C18H26O3/c1-5-20-15-10-9-13(12-16(15)21-6-2)17(19)14-8-7-11-18(14,3)4/h9-10,12,14H,5-8,11H2,1-4H3. The van der Waals surface area contributed by atoms with Crippen molar-refractivity contribution in [2.45, 2.75) is 47.0 Å². The second-order valence-electron chi connectivity index (χ2n) is 6.33. The first kappa shape index (κ1) is 15.9. The van der Waals surface area contributed by atoms with Gasteiger partial charge in [0.05, 0.1) is 13.2 Å². The molecule has 1 atom stereocenters. The molecule has 0 N–H and O–H groups in total. The van der Waals surface area contributed by atoms with Crippen molar-refractivity contribution >= 4 is 5.78 Å². The summed E-state index contributed by atoms with van der Waals surface area (Å²) in [5.74, 6) is 1.73. The van der Waals surface area contributed by atoms with E-state index in [-0.39, 0.29) is 17.1 Å². The Hall–Kier alpha value is -1.51. The van der Waals surface area contributed by atoms with Gasteiger partial charge >= 0.3 is 0 Å². The third-order valence-corrected chi connectivity index (χ3v) is 4.40. The molecule has 3 heteroatoms. The molecule has 116 valence electrons. The molecule has 0 aromatic heterocycles. The van der Waals surface area contributed by atoms with Crippen LogP contribution in [0.15, 0.2) is 18.2 Å². The van der Waals surface area contributed by atoms with Crippen molar-refractivity contribution in [2.75, 3.05) is 13.2 Å². The number of hydrogen-bond donors (Lipinski definition) is 0. The van der Waals surface area contributed by atoms with E-state index in [1.54, 1.807) is 0 Å². The second kappa shape index (κ2) is 6.50. The molecule has 1 aromatic carbocycles. The fraction of sp³-hybridized carbons (Fsp3) is 0.611. The van der Waals surface area contributed by atoms with E-state index in [4.69, 9.17) is 9.47 Å². The molecule has 1 aliphatic carbocycles. The number of hydrogen-bond acceptors (Lipinski definition) is 3. The topological polar surface area (TPSA) is 35.5 Å². The maximum absolute atomic E-state index is 12.8. The van der Waals surface area contributed by atoms with Crippen molar-refractivity contribution in [3.8, 4) is 11.5 Å². The molecule has 1 aliphatic rings. The summed E-state index contributed by atoms with van der Waals surface area (Å²) in [7, 11) is 0. The van der Waals surface area contributed by atoms with Gasteiger partial charge in [0.1, 0.15) is 0 Å². The quantitative estimate of drug-likeness (QED) is 0.724. The lowest BCUT2D eigenvalue weighted by molar-refractivity contribution is 0.0838. The number of carbonyl (C=O) groups is 1. The van der Waals surface area contributed by atoms with Gasteiger partial charge in [-0.15, -0.1) is 0 Å². The van der Waals surface area contributed by atoms with Crippen LogP contribution in [-0.2, 0) is 0 Å². The number of benzene rings is 1. The highest BCUT2D eigenvalue weighted by Gasteiger charge is 2.39. The average Bonchev–Trinajstić information content (AvgIpc) is 2.80. The predicted molar refractivity (Wildman–Crippen MR) is 84.2 cm³/mol. The first-order valence-electron chi connectivity index (χ1n) is 7.93. The average molecular weight is 290 g/mol. The number of ether oxygens (including phenoxy) is 2. The first-order chi connectivity index (χ1) is 9.99. The molecule has 0 radical (unpaired) electrons. The van der Waals surface area contributed by atoms with Gasteiger partial charge in [-0.2, -0.15) is 0 Å². The first-order valence-corrected chi connectivity index (χ1v) is 7.93. The molecule has 1 fully saturated rings. The maximum atomic E-state index is 12.8. The van der Waals surface area contributed by atoms with Gasteiger partial charge in [-0.05, 0) is 50.3 Å². The molecule has 3 nitrogen and oxygen atoms in total. The maximum Gasteiger partial charge on any atom is 0.166 e. The molecule has 2 rings (SSSR count). The van der Waals surface area contributed by atoms with Crippen LogP contribution in [0.5, 0.6) is 11.5 Å². The van der Waals surface area contributed by atoms with Gasteiger partial charge < -0.3 is 9.47 Å². The molecule has 1 saturated carbocycles. The van der Waals surface area contributed by atoms with Crippen LogP contribution in [0.4, 0.5) is 0 Å². The van der Waals surface area contributed by atoms with Crippen molar-refractivity contribution in [2.24, 2.45) is 11.3 Å². The molecule has 1 unspecified atom stereocenters. The normalized spacial score (nSPS) is 20.3. The molecule has 0 spiro atoms. The molecule has 21 heavy (non-hydrogen) atoms. The number of ketones is 1. The Balaban J connectivity index is 2.27. The van der Waals surface area contributed by atoms with Crippen LogP contribution in [-0.4, -0.2) is 19.0 Å². The van der Waals surface area contributed by atoms with Crippen molar-refractivity contribution in [3.05, 3.63) is 23.8 Å². The smallest absolute Gasteiger partial charge is 0.166 e. The van der Waals surface area contributed by atoms with Gasteiger partial charge in [0.15, 0.2) is 17.3 Å². The van der Waals surface area contributed by atoms with Crippen LogP contribution < -0.4 is 9.47 Å². The number of carbonyl (C=O) groups excluding carboxylic acids is 1. The van der Waals surface area contributed by atoms with Crippen LogP contribution in [0.25, 0.3) is 0 Å². The highest BCUT2D eigenvalue weighted by Crippen LogP contribution is 2.44. The summed E-state index contributed by atoms with van der Waals surface area (Å²) in [6.07, 6.45) is 3.25. The lowest BCUT2D eigenvalue weighted by atomic mass is 9.78. The summed E-state index contributed by atoms with van der Waals surface area (Å²) >= 11 is 0. The third-order valence-electron chi connectivity index (χ3n) is 4.40. The summed E-state index contributed by atoms with van der Waals surface area (Å²) in [4.78, 5) is 12.8. The van der Waals surface area contributed by atoms with Crippen molar-refractivity contribution in [3.63, 3.8) is 0 Å². The summed E-state index contributed by atoms with van der Waals surface area (Å²) in [6.45, 7) is 9.41. The number of rotatable bonds is 6. The van der Waals surface area contributed by atoms with Crippen LogP contribution in [0.2, 0.25) is 0 Å². The minimum atomic E-state index is 0.0987. The van der Waals surface area contributed by atoms with Crippen molar-refractivity contribution in [1.29, 1.82) is 0 Å². The van der Waals surface area contributed by atoms with E-state index in [1.807, 2.05) is 32.0 Å². The van der Waals surface area contributed by atoms with Gasteiger partial charge in [-0.3, -0.25) is 4.79 Å². The Kier molecular flexibility index (Phi) is 4.92. The highest BCUT2D eigenvalue weighted by molar-refractivity contribution is 5.99. The summed E-state index contributed by atoms with van der Waals surface area (Å²) in [5, 5.41) is 0. The van der Waals surface area contributed by atoms with E-state index < -0.39 is 0 Å². The molecule has 0 saturated heterocycles. The molecule has 0 bridgehead atoms. The lowest BCUT2D eigenvalue weighted by Crippen LogP contribution is -2.25. The minimum Gasteiger partial charge on any atom is -0.490 e. The Bertz CT molecular complexity index is 505. The molecule has 0 heterocycles. The Morgan fingerprint density at radius 1 is 1.19 bits per heavy atom. The Labute approximate surface area is 127 Å². The van der Waals surface area contributed by atoms with Gasteiger partial charge in [0.25, 0.3) is 0 Å². The molecule has 0 amide bonds. The monoisotopic (exact) mass is 290 g/mol. The lowest BCUT2D eigenvalue weighted by Gasteiger charge is -2.26. The van der Waals surface area contributed by atoms with Crippen LogP contribution in [0, 0.1) is 11.3 Å². The Morgan fingerprint density at radius 2 is 1.86 bits per heavy atom. The van der Waals surface area contributed by atoms with Gasteiger partial charge in [0, 0.05) is 11.5 Å². The van der Waals surface area contributed by atoms with Crippen LogP contribution >= 0.6 is 0 Å². The van der Waals surface area contributed by atoms with E-state index in [1.165, 1.54) is 0 Å². The molecule has 0 aliphatic heterocycles. The summed E-state index contributed by atoms with van der Waals surface area (Å²) in [6, 6.07) is 5.55. The van der Waals surface area contributed by atoms with Gasteiger partial charge in [0.2, 0.25) is 0 Å². The zero-order valence-electron chi connectivity index (χ0n) is 13.6. The Morgan fingerprint density at radius 3 is 2.43 bits per heavy atom. The van der Waals surface area contributed by atoms with Crippen LogP contribution in [0.3, 0.4) is 0 Å². The second-order valence-corrected chi connectivity index (χ2v) is 6.33. The zero-order chi connectivity index (χ0) is 15.5. The van der Waals surface area contributed by atoms with E-state index in [0.29, 0.717) is 24.7 Å². The number of Topliss-reactive ketones (excluding diaryl/α,β-unsaturated/α-hetero) is 1. The SMILES string of the molecule is CCOc1ccc(C(=O)C2CCCC2(C)C)cc1OCC. The zero-order valence-corrected chi connectivity index (χ0v) is 13.6. The third kappa shape index (κ3) is 3.39. The van der Waals surface area contributed by atoms with E-state index in [2.05, 4.69) is 13.8 Å². The molecular weight excluding hydrogens is 264 g/mol.